The minimum atomic E-state index is 1.23. The Bertz CT molecular complexity index is 60.4. The van der Waals surface area contributed by atoms with E-state index in [0.717, 1.165) is 0 Å². The van der Waals surface area contributed by atoms with Crippen LogP contribution < -0.4 is 0 Å². The first kappa shape index (κ1) is 13.3. The first-order chi connectivity index (χ1) is 5.33. The van der Waals surface area contributed by atoms with Crippen molar-refractivity contribution in [2.45, 2.75) is 59.8 Å². The van der Waals surface area contributed by atoms with Gasteiger partial charge in [0, 0.05) is 0 Å². The highest BCUT2D eigenvalue weighted by atomic mass is 13.7. The Morgan fingerprint density at radius 3 is 1.55 bits per heavy atom. The molecule has 0 rings (SSSR count). The quantitative estimate of drug-likeness (QED) is 0.523. The third kappa shape index (κ3) is 26.0. The summed E-state index contributed by atoms with van der Waals surface area (Å²) in [6.45, 7) is 8.66. The Labute approximate surface area is 72.7 Å². The lowest BCUT2D eigenvalue weighted by Gasteiger charge is -1.79. The second-order valence-electron chi connectivity index (χ2n) is 2.71. The van der Waals surface area contributed by atoms with Gasteiger partial charge in [0.25, 0.3) is 0 Å². The van der Waals surface area contributed by atoms with E-state index in [9.17, 15) is 0 Å². The molecule has 0 amide bonds. The molecule has 0 aromatic heterocycles. The van der Waals surface area contributed by atoms with Crippen LogP contribution in [0.25, 0.3) is 0 Å². The zero-order valence-corrected chi connectivity index (χ0v) is 8.69. The van der Waals surface area contributed by atoms with Crippen LogP contribution in [0.3, 0.4) is 0 Å². The normalized spacial score (nSPS) is 9.45. The van der Waals surface area contributed by atoms with Crippen LogP contribution in [-0.2, 0) is 0 Å². The molecule has 11 heavy (non-hydrogen) atoms. The first-order valence-corrected chi connectivity index (χ1v) is 4.94. The van der Waals surface area contributed by atoms with Gasteiger partial charge in [0.1, 0.15) is 0 Å². The van der Waals surface area contributed by atoms with Crippen molar-refractivity contribution in [3.05, 3.63) is 12.2 Å². The maximum Gasteiger partial charge on any atom is -0.0353 e. The summed E-state index contributed by atoms with van der Waals surface area (Å²) in [5.74, 6) is 0. The van der Waals surface area contributed by atoms with Gasteiger partial charge in [-0.05, 0) is 13.3 Å². The van der Waals surface area contributed by atoms with Gasteiger partial charge >= 0.3 is 0 Å². The highest BCUT2D eigenvalue weighted by molar-refractivity contribution is 4.75. The van der Waals surface area contributed by atoms with Crippen LogP contribution in [0.5, 0.6) is 0 Å². The Morgan fingerprint density at radius 1 is 0.909 bits per heavy atom. The predicted octanol–water partition coefficient (Wildman–Crippen LogP) is 4.56. The Balaban J connectivity index is 0. The largest absolute Gasteiger partial charge is 0.0917 e. The second-order valence-corrected chi connectivity index (χ2v) is 2.71. The summed E-state index contributed by atoms with van der Waals surface area (Å²) < 4.78 is 0. The summed E-state index contributed by atoms with van der Waals surface area (Å²) in [5, 5.41) is 0. The molecule has 0 heteroatoms. The molecule has 0 radical (unpaired) electrons. The lowest BCUT2D eigenvalue weighted by Crippen LogP contribution is -1.59. The van der Waals surface area contributed by atoms with E-state index in [0.29, 0.717) is 0 Å². The smallest absolute Gasteiger partial charge is 0.0353 e. The highest BCUT2D eigenvalue weighted by Crippen LogP contribution is 1.88. The van der Waals surface area contributed by atoms with Crippen molar-refractivity contribution < 1.29 is 0 Å². The first-order valence-electron chi connectivity index (χ1n) is 4.94. The fraction of sp³-hybridized carbons (Fsp3) is 0.818. The van der Waals surface area contributed by atoms with Gasteiger partial charge in [0.2, 0.25) is 0 Å². The number of allylic oxidation sites excluding steroid dienone is 2. The molecule has 0 nitrogen and oxygen atoms in total. The standard InChI is InChI=1S/C6H12.C5H12/c1-3-5-6-4-2;1-3-5-4-2/h3,5H,4,6H2,1-2H3;3-5H2,1-2H3/b5-3-;. The Kier molecular flexibility index (Phi) is 19.9. The van der Waals surface area contributed by atoms with Crippen molar-refractivity contribution in [2.24, 2.45) is 0 Å². The molecule has 0 N–H and O–H groups in total. The lowest BCUT2D eigenvalue weighted by molar-refractivity contribution is 0.772. The van der Waals surface area contributed by atoms with Crippen molar-refractivity contribution in [3.8, 4) is 0 Å². The number of unbranched alkanes of at least 4 members (excludes halogenated alkanes) is 3. The van der Waals surface area contributed by atoms with Crippen molar-refractivity contribution in [1.82, 2.24) is 0 Å². The molecule has 0 fully saturated rings. The third-order valence-electron chi connectivity index (χ3n) is 1.40. The fourth-order valence-corrected chi connectivity index (χ4v) is 0.687. The zero-order valence-electron chi connectivity index (χ0n) is 8.69. The van der Waals surface area contributed by atoms with Crippen molar-refractivity contribution in [2.75, 3.05) is 0 Å². The van der Waals surface area contributed by atoms with Gasteiger partial charge < -0.3 is 0 Å². The van der Waals surface area contributed by atoms with E-state index >= 15 is 0 Å². The molecular formula is C11H24. The molecule has 0 saturated carbocycles. The van der Waals surface area contributed by atoms with E-state index < -0.39 is 0 Å². The molecule has 0 spiro atoms. The fourth-order valence-electron chi connectivity index (χ4n) is 0.687. The molecule has 0 aliphatic carbocycles. The van der Waals surface area contributed by atoms with Crippen LogP contribution in [0.2, 0.25) is 0 Å². The average molecular weight is 156 g/mol. The summed E-state index contributed by atoms with van der Waals surface area (Å²) in [4.78, 5) is 0. The van der Waals surface area contributed by atoms with Crippen molar-refractivity contribution in [3.63, 3.8) is 0 Å². The molecule has 0 atom stereocenters. The number of rotatable bonds is 4. The molecule has 0 bridgehead atoms. The van der Waals surface area contributed by atoms with Gasteiger partial charge in [-0.2, -0.15) is 0 Å². The molecule has 0 saturated heterocycles. The van der Waals surface area contributed by atoms with E-state index in [2.05, 4.69) is 39.8 Å². The van der Waals surface area contributed by atoms with E-state index in [1.807, 2.05) is 0 Å². The monoisotopic (exact) mass is 156 g/mol. The summed E-state index contributed by atoms with van der Waals surface area (Å²) in [6.07, 6.45) is 10.8. The predicted molar refractivity (Wildman–Crippen MR) is 54.9 cm³/mol. The number of hydrogen-bond acceptors (Lipinski definition) is 0. The van der Waals surface area contributed by atoms with Crippen LogP contribution in [0.4, 0.5) is 0 Å². The SMILES string of the molecule is C/C=C\CCC.CCCCC. The van der Waals surface area contributed by atoms with Gasteiger partial charge in [0.05, 0.1) is 0 Å². The topological polar surface area (TPSA) is 0 Å². The molecule has 0 heterocycles. The molecule has 0 unspecified atom stereocenters. The van der Waals surface area contributed by atoms with Gasteiger partial charge in [-0.25, -0.2) is 0 Å². The Morgan fingerprint density at radius 2 is 1.45 bits per heavy atom. The molecule has 0 aromatic rings. The third-order valence-corrected chi connectivity index (χ3v) is 1.40. The van der Waals surface area contributed by atoms with Crippen LogP contribution in [0.15, 0.2) is 12.2 Å². The highest BCUT2D eigenvalue weighted by Gasteiger charge is 1.68. The minimum Gasteiger partial charge on any atom is -0.0917 e. The van der Waals surface area contributed by atoms with Crippen LogP contribution in [0, 0.1) is 0 Å². The van der Waals surface area contributed by atoms with E-state index in [-0.39, 0.29) is 0 Å². The van der Waals surface area contributed by atoms with Crippen molar-refractivity contribution in [1.29, 1.82) is 0 Å². The maximum absolute atomic E-state index is 2.21. The average Bonchev–Trinajstić information content (AvgIpc) is 2.04. The van der Waals surface area contributed by atoms with Gasteiger partial charge in [0.15, 0.2) is 0 Å². The van der Waals surface area contributed by atoms with Crippen molar-refractivity contribution >= 4 is 0 Å². The van der Waals surface area contributed by atoms with E-state index in [1.165, 1.54) is 32.1 Å². The Hall–Kier alpha value is -0.260. The maximum atomic E-state index is 2.21. The number of hydrogen-bond donors (Lipinski definition) is 0. The zero-order chi connectivity index (χ0) is 8.95. The van der Waals surface area contributed by atoms with E-state index in [4.69, 9.17) is 0 Å². The van der Waals surface area contributed by atoms with Crippen LogP contribution in [-0.4, -0.2) is 0 Å². The summed E-state index contributed by atoms with van der Waals surface area (Å²) in [6, 6.07) is 0. The molecule has 0 aromatic carbocycles. The van der Waals surface area contributed by atoms with Gasteiger partial charge in [-0.15, -0.1) is 0 Å². The second kappa shape index (κ2) is 16.4. The van der Waals surface area contributed by atoms with Crippen LogP contribution >= 0.6 is 0 Å². The lowest BCUT2D eigenvalue weighted by atomic mass is 10.3. The molecular weight excluding hydrogens is 132 g/mol. The summed E-state index contributed by atoms with van der Waals surface area (Å²) >= 11 is 0. The summed E-state index contributed by atoms with van der Waals surface area (Å²) in [5.41, 5.74) is 0. The van der Waals surface area contributed by atoms with Crippen LogP contribution in [0.1, 0.15) is 59.8 Å². The molecule has 0 aliphatic rings. The molecule has 68 valence electrons. The van der Waals surface area contributed by atoms with E-state index in [1.54, 1.807) is 0 Å². The summed E-state index contributed by atoms with van der Waals surface area (Å²) in [7, 11) is 0. The minimum absolute atomic E-state index is 1.23. The molecule has 0 aliphatic heterocycles. The van der Waals surface area contributed by atoms with Gasteiger partial charge in [-0.1, -0.05) is 58.6 Å². The van der Waals surface area contributed by atoms with Gasteiger partial charge in [-0.3, -0.25) is 0 Å².